The van der Waals surface area contributed by atoms with E-state index < -0.39 is 0 Å². The molecule has 0 bridgehead atoms. The molecule has 1 aliphatic heterocycles. The first-order valence-electron chi connectivity index (χ1n) is 7.96. The van der Waals surface area contributed by atoms with Crippen LogP contribution in [0.1, 0.15) is 23.5 Å². The van der Waals surface area contributed by atoms with E-state index in [0.29, 0.717) is 5.11 Å². The number of anilines is 1. The van der Waals surface area contributed by atoms with E-state index in [1.165, 1.54) is 0 Å². The molecule has 25 heavy (non-hydrogen) atoms. The molecule has 4 rings (SSSR count). The number of rotatable bonds is 4. The maximum Gasteiger partial charge on any atom is 0.174 e. The Morgan fingerprint density at radius 1 is 1.12 bits per heavy atom. The number of hydrogen-bond acceptors (Lipinski definition) is 4. The number of methoxy groups -OCH3 is 1. The molecule has 1 N–H and O–H groups in total. The van der Waals surface area contributed by atoms with Crippen LogP contribution in [0.3, 0.4) is 0 Å². The maximum atomic E-state index is 5.72. The van der Waals surface area contributed by atoms with Crippen LogP contribution in [0.15, 0.2) is 71.5 Å². The summed E-state index contributed by atoms with van der Waals surface area (Å²) in [5.41, 5.74) is 1.89. The van der Waals surface area contributed by atoms with E-state index in [1.54, 1.807) is 19.6 Å². The molecule has 2 atom stereocenters. The van der Waals surface area contributed by atoms with Gasteiger partial charge in [0.2, 0.25) is 0 Å². The average molecular weight is 351 g/mol. The summed E-state index contributed by atoms with van der Waals surface area (Å²) >= 11 is 5.63. The summed E-state index contributed by atoms with van der Waals surface area (Å²) < 4.78 is 11.0. The highest BCUT2D eigenvalue weighted by molar-refractivity contribution is 7.80. The Balaban J connectivity index is 1.77. The van der Waals surface area contributed by atoms with Crippen molar-refractivity contribution in [1.29, 1.82) is 0 Å². The van der Waals surface area contributed by atoms with Crippen molar-refractivity contribution in [2.24, 2.45) is 0 Å². The molecule has 1 saturated heterocycles. The van der Waals surface area contributed by atoms with Crippen molar-refractivity contribution < 1.29 is 9.15 Å². The zero-order valence-electron chi connectivity index (χ0n) is 13.6. The molecule has 5 nitrogen and oxygen atoms in total. The molecular weight excluding hydrogens is 334 g/mol. The number of hydrogen-bond donors (Lipinski definition) is 1. The standard InChI is InChI=1S/C19H17N3O2S/c1-23-14-9-7-13(8-10-14)22-18(16-6-4-12-24-16)17(21-19(22)25)15-5-2-3-11-20-15/h2-12,17-18H,1H3,(H,21,25). The van der Waals surface area contributed by atoms with Crippen molar-refractivity contribution in [1.82, 2.24) is 10.3 Å². The Bertz CT molecular complexity index is 850. The van der Waals surface area contributed by atoms with Crippen molar-refractivity contribution in [3.05, 3.63) is 78.5 Å². The fourth-order valence-corrected chi connectivity index (χ4v) is 3.47. The molecule has 2 aromatic heterocycles. The fourth-order valence-electron chi connectivity index (χ4n) is 3.12. The van der Waals surface area contributed by atoms with Crippen molar-refractivity contribution >= 4 is 23.0 Å². The molecule has 6 heteroatoms. The van der Waals surface area contributed by atoms with Crippen molar-refractivity contribution in [3.63, 3.8) is 0 Å². The van der Waals surface area contributed by atoms with Gasteiger partial charge >= 0.3 is 0 Å². The Morgan fingerprint density at radius 3 is 2.60 bits per heavy atom. The van der Waals surface area contributed by atoms with Crippen LogP contribution in [-0.2, 0) is 0 Å². The predicted molar refractivity (Wildman–Crippen MR) is 99.6 cm³/mol. The van der Waals surface area contributed by atoms with E-state index >= 15 is 0 Å². The molecule has 1 aliphatic rings. The molecule has 0 aliphatic carbocycles. The maximum absolute atomic E-state index is 5.72. The van der Waals surface area contributed by atoms with Gasteiger partial charge in [0.05, 0.1) is 25.1 Å². The fraction of sp³-hybridized carbons (Fsp3) is 0.158. The van der Waals surface area contributed by atoms with Crippen molar-refractivity contribution in [2.45, 2.75) is 12.1 Å². The summed E-state index contributed by atoms with van der Waals surface area (Å²) in [7, 11) is 1.65. The normalized spacial score (nSPS) is 19.7. The third-order valence-electron chi connectivity index (χ3n) is 4.28. The van der Waals surface area contributed by atoms with Crippen LogP contribution in [0.5, 0.6) is 5.75 Å². The largest absolute Gasteiger partial charge is 0.497 e. The number of benzene rings is 1. The van der Waals surface area contributed by atoms with E-state index in [-0.39, 0.29) is 12.1 Å². The summed E-state index contributed by atoms with van der Waals surface area (Å²) in [6.07, 6.45) is 3.47. The summed E-state index contributed by atoms with van der Waals surface area (Å²) in [4.78, 5) is 6.56. The first-order chi connectivity index (χ1) is 12.3. The molecule has 1 aromatic carbocycles. The minimum absolute atomic E-state index is 0.0954. The highest BCUT2D eigenvalue weighted by atomic mass is 32.1. The van der Waals surface area contributed by atoms with Crippen LogP contribution >= 0.6 is 12.2 Å². The van der Waals surface area contributed by atoms with Gasteiger partial charge in [0.25, 0.3) is 0 Å². The minimum Gasteiger partial charge on any atom is -0.497 e. The van der Waals surface area contributed by atoms with E-state index in [4.69, 9.17) is 21.4 Å². The average Bonchev–Trinajstić information content (AvgIpc) is 3.30. The second-order valence-corrected chi connectivity index (χ2v) is 6.10. The lowest BCUT2D eigenvalue weighted by atomic mass is 10.0. The molecular formula is C19H17N3O2S. The number of ether oxygens (including phenoxy) is 1. The zero-order valence-corrected chi connectivity index (χ0v) is 14.4. The number of nitrogens with one attached hydrogen (secondary N) is 1. The molecule has 3 heterocycles. The van der Waals surface area contributed by atoms with Crippen molar-refractivity contribution in [2.75, 3.05) is 12.0 Å². The van der Waals surface area contributed by atoms with Crippen LogP contribution < -0.4 is 15.0 Å². The number of pyridine rings is 1. The summed E-state index contributed by atoms with van der Waals surface area (Å²) in [5.74, 6) is 1.64. The van der Waals surface area contributed by atoms with Gasteiger partial charge in [-0.25, -0.2) is 0 Å². The van der Waals surface area contributed by atoms with Crippen LogP contribution in [0.4, 0.5) is 5.69 Å². The Morgan fingerprint density at radius 2 is 1.96 bits per heavy atom. The van der Waals surface area contributed by atoms with E-state index in [2.05, 4.69) is 15.2 Å². The number of thiocarbonyl (C=S) groups is 1. The van der Waals surface area contributed by atoms with Gasteiger partial charge in [-0.05, 0) is 60.7 Å². The van der Waals surface area contributed by atoms with Gasteiger partial charge in [0, 0.05) is 11.9 Å². The van der Waals surface area contributed by atoms with Gasteiger partial charge in [-0.3, -0.25) is 4.98 Å². The van der Waals surface area contributed by atoms with Crippen LogP contribution in [0.25, 0.3) is 0 Å². The number of furan rings is 1. The minimum atomic E-state index is -0.120. The lowest BCUT2D eigenvalue weighted by Gasteiger charge is -2.26. The van der Waals surface area contributed by atoms with Gasteiger partial charge in [-0.15, -0.1) is 0 Å². The van der Waals surface area contributed by atoms with E-state index in [0.717, 1.165) is 22.9 Å². The third kappa shape index (κ3) is 2.85. The van der Waals surface area contributed by atoms with Gasteiger partial charge in [0.1, 0.15) is 17.6 Å². The van der Waals surface area contributed by atoms with Crippen LogP contribution in [0, 0.1) is 0 Å². The van der Waals surface area contributed by atoms with Crippen molar-refractivity contribution in [3.8, 4) is 5.75 Å². The van der Waals surface area contributed by atoms with Gasteiger partial charge < -0.3 is 19.4 Å². The molecule has 0 amide bonds. The lowest BCUT2D eigenvalue weighted by molar-refractivity contribution is 0.414. The highest BCUT2D eigenvalue weighted by Crippen LogP contribution is 2.41. The first kappa shape index (κ1) is 15.7. The van der Waals surface area contributed by atoms with E-state index in [9.17, 15) is 0 Å². The van der Waals surface area contributed by atoms with Gasteiger partial charge in [-0.2, -0.15) is 0 Å². The molecule has 3 aromatic rings. The molecule has 0 radical (unpaired) electrons. The predicted octanol–water partition coefficient (Wildman–Crippen LogP) is 3.86. The zero-order chi connectivity index (χ0) is 17.2. The Hall–Kier alpha value is -2.86. The van der Waals surface area contributed by atoms with E-state index in [1.807, 2.05) is 54.6 Å². The summed E-state index contributed by atoms with van der Waals surface area (Å²) in [5, 5.41) is 4.03. The van der Waals surface area contributed by atoms with Gasteiger partial charge in [0.15, 0.2) is 5.11 Å². The smallest absolute Gasteiger partial charge is 0.174 e. The molecule has 1 fully saturated rings. The second kappa shape index (κ2) is 6.57. The Labute approximate surface area is 151 Å². The highest BCUT2D eigenvalue weighted by Gasteiger charge is 2.42. The quantitative estimate of drug-likeness (QED) is 0.721. The molecule has 2 unspecified atom stereocenters. The van der Waals surface area contributed by atoms with Gasteiger partial charge in [-0.1, -0.05) is 6.07 Å². The Kier molecular flexibility index (Phi) is 4.11. The van der Waals surface area contributed by atoms with Crippen LogP contribution in [-0.4, -0.2) is 17.2 Å². The number of aromatic nitrogens is 1. The number of nitrogens with zero attached hydrogens (tertiary/aromatic N) is 2. The monoisotopic (exact) mass is 351 g/mol. The topological polar surface area (TPSA) is 50.5 Å². The first-order valence-corrected chi connectivity index (χ1v) is 8.37. The molecule has 126 valence electrons. The second-order valence-electron chi connectivity index (χ2n) is 5.71. The third-order valence-corrected chi connectivity index (χ3v) is 4.60. The molecule has 0 saturated carbocycles. The SMILES string of the molecule is COc1ccc(N2C(=S)NC(c3ccccn3)C2c2ccco2)cc1. The summed E-state index contributed by atoms with van der Waals surface area (Å²) in [6, 6.07) is 17.3. The molecule has 0 spiro atoms. The summed E-state index contributed by atoms with van der Waals surface area (Å²) in [6.45, 7) is 0. The lowest BCUT2D eigenvalue weighted by Crippen LogP contribution is -2.29. The van der Waals surface area contributed by atoms with Crippen LogP contribution in [0.2, 0.25) is 0 Å².